The Bertz CT molecular complexity index is 1120. The molecule has 0 saturated carbocycles. The zero-order valence-electron chi connectivity index (χ0n) is 13.6. The lowest BCUT2D eigenvalue weighted by Crippen LogP contribution is -2.17. The fourth-order valence-corrected chi connectivity index (χ4v) is 3.76. The van der Waals surface area contributed by atoms with Crippen LogP contribution in [0.1, 0.15) is 10.4 Å². The summed E-state index contributed by atoms with van der Waals surface area (Å²) in [5, 5.41) is 0. The average Bonchev–Trinajstić information content (AvgIpc) is 2.96. The Morgan fingerprint density at radius 2 is 2.00 bits per heavy atom. The highest BCUT2D eigenvalue weighted by molar-refractivity contribution is 7.16. The summed E-state index contributed by atoms with van der Waals surface area (Å²) in [6.07, 6.45) is 5.47. The molecule has 2 aromatic carbocycles. The highest BCUT2D eigenvalue weighted by atomic mass is 32.1. The monoisotopic (exact) mass is 368 g/mol. The summed E-state index contributed by atoms with van der Waals surface area (Å²) in [4.78, 5) is 16.9. The number of ether oxygens (including phenoxy) is 2. The van der Waals surface area contributed by atoms with Crippen molar-refractivity contribution in [1.29, 1.82) is 0 Å². The van der Waals surface area contributed by atoms with Crippen LogP contribution in [0.2, 0.25) is 0 Å². The van der Waals surface area contributed by atoms with Gasteiger partial charge in [-0.25, -0.2) is 4.39 Å². The van der Waals surface area contributed by atoms with Crippen molar-refractivity contribution in [3.05, 3.63) is 52.6 Å². The van der Waals surface area contributed by atoms with E-state index >= 15 is 0 Å². The van der Waals surface area contributed by atoms with Crippen molar-refractivity contribution in [2.75, 3.05) is 13.2 Å². The number of carbonyl (C=O) groups is 1. The molecule has 0 saturated heterocycles. The van der Waals surface area contributed by atoms with E-state index in [9.17, 15) is 9.18 Å². The van der Waals surface area contributed by atoms with E-state index in [1.807, 2.05) is 12.1 Å². The van der Waals surface area contributed by atoms with E-state index < -0.39 is 11.7 Å². The van der Waals surface area contributed by atoms with Gasteiger partial charge in [0.2, 0.25) is 0 Å². The van der Waals surface area contributed by atoms with Crippen molar-refractivity contribution in [1.82, 2.24) is 4.57 Å². The Kier molecular flexibility index (Phi) is 4.19. The minimum Gasteiger partial charge on any atom is -0.486 e. The number of hydrogen-bond donors (Lipinski definition) is 0. The van der Waals surface area contributed by atoms with Crippen molar-refractivity contribution >= 4 is 27.5 Å². The van der Waals surface area contributed by atoms with Crippen molar-refractivity contribution < 1.29 is 18.7 Å². The second-order valence-corrected chi connectivity index (χ2v) is 6.54. The molecule has 0 bridgehead atoms. The van der Waals surface area contributed by atoms with Crippen LogP contribution in [-0.2, 0) is 6.54 Å². The molecule has 0 unspecified atom stereocenters. The smallest absolute Gasteiger partial charge is 0.282 e. The van der Waals surface area contributed by atoms with Crippen molar-refractivity contribution in [3.63, 3.8) is 0 Å². The van der Waals surface area contributed by atoms with Crippen molar-refractivity contribution in [2.24, 2.45) is 4.99 Å². The molecular weight excluding hydrogens is 355 g/mol. The molecule has 26 heavy (non-hydrogen) atoms. The van der Waals surface area contributed by atoms with Gasteiger partial charge in [-0.05, 0) is 12.1 Å². The molecule has 3 aromatic rings. The summed E-state index contributed by atoms with van der Waals surface area (Å²) in [5.74, 6) is 2.56. The zero-order chi connectivity index (χ0) is 18.1. The van der Waals surface area contributed by atoms with E-state index in [0.29, 0.717) is 29.5 Å². The second kappa shape index (κ2) is 6.65. The molecule has 2 heterocycles. The Morgan fingerprint density at radius 1 is 1.27 bits per heavy atom. The topological polar surface area (TPSA) is 52.8 Å². The van der Waals surface area contributed by atoms with Gasteiger partial charge >= 0.3 is 0 Å². The molecule has 130 valence electrons. The first-order valence-corrected chi connectivity index (χ1v) is 8.69. The fourth-order valence-electron chi connectivity index (χ4n) is 2.72. The van der Waals surface area contributed by atoms with Crippen LogP contribution in [0, 0.1) is 18.2 Å². The number of halogens is 1. The molecular formula is C19H13FN2O3S. The van der Waals surface area contributed by atoms with E-state index in [1.54, 1.807) is 10.6 Å². The van der Waals surface area contributed by atoms with Gasteiger partial charge in [-0.15, -0.1) is 6.42 Å². The molecule has 0 N–H and O–H groups in total. The number of terminal acetylenes is 1. The molecule has 1 aliphatic rings. The molecule has 0 radical (unpaired) electrons. The van der Waals surface area contributed by atoms with Crippen LogP contribution in [-0.4, -0.2) is 23.7 Å². The molecule has 0 atom stereocenters. The lowest BCUT2D eigenvalue weighted by Gasteiger charge is -2.18. The van der Waals surface area contributed by atoms with Gasteiger partial charge in [-0.2, -0.15) is 4.99 Å². The fraction of sp³-hybridized carbons (Fsp3) is 0.158. The number of benzene rings is 2. The first kappa shape index (κ1) is 16.4. The maximum atomic E-state index is 13.9. The number of amides is 1. The number of aromatic nitrogens is 1. The predicted molar refractivity (Wildman–Crippen MR) is 95.9 cm³/mol. The minimum absolute atomic E-state index is 0.0804. The number of thiazole rings is 1. The number of hydrogen-bond acceptors (Lipinski definition) is 4. The Labute approximate surface area is 152 Å². The lowest BCUT2D eigenvalue weighted by molar-refractivity contribution is 0.0994. The van der Waals surface area contributed by atoms with Gasteiger partial charge in [-0.1, -0.05) is 29.4 Å². The van der Waals surface area contributed by atoms with Crippen LogP contribution < -0.4 is 14.3 Å². The van der Waals surface area contributed by atoms with E-state index in [-0.39, 0.29) is 12.1 Å². The van der Waals surface area contributed by atoms with Gasteiger partial charge in [0.1, 0.15) is 19.0 Å². The molecule has 7 heteroatoms. The molecule has 0 aliphatic carbocycles. The number of carbonyl (C=O) groups excluding carboxylic acids is 1. The van der Waals surface area contributed by atoms with E-state index in [0.717, 1.165) is 10.2 Å². The zero-order valence-corrected chi connectivity index (χ0v) is 14.4. The van der Waals surface area contributed by atoms with E-state index in [4.69, 9.17) is 15.9 Å². The molecule has 0 spiro atoms. The highest BCUT2D eigenvalue weighted by Gasteiger charge is 2.17. The van der Waals surface area contributed by atoms with Crippen LogP contribution in [0.5, 0.6) is 11.5 Å². The Morgan fingerprint density at radius 3 is 2.73 bits per heavy atom. The third-order valence-corrected chi connectivity index (χ3v) is 4.94. The van der Waals surface area contributed by atoms with Crippen LogP contribution in [0.25, 0.3) is 10.2 Å². The second-order valence-electron chi connectivity index (χ2n) is 5.54. The summed E-state index contributed by atoms with van der Waals surface area (Å²) in [6.45, 7) is 1.18. The van der Waals surface area contributed by atoms with Gasteiger partial charge in [0.05, 0.1) is 22.3 Å². The van der Waals surface area contributed by atoms with Crippen LogP contribution in [0.3, 0.4) is 0 Å². The summed E-state index contributed by atoms with van der Waals surface area (Å²) in [7, 11) is 0. The first-order valence-electron chi connectivity index (χ1n) is 7.87. The van der Waals surface area contributed by atoms with Crippen LogP contribution in [0.4, 0.5) is 4.39 Å². The normalized spacial score (nSPS) is 13.6. The van der Waals surface area contributed by atoms with Gasteiger partial charge in [0, 0.05) is 12.1 Å². The van der Waals surface area contributed by atoms with Gasteiger partial charge in [-0.3, -0.25) is 4.79 Å². The van der Waals surface area contributed by atoms with Crippen LogP contribution >= 0.6 is 11.3 Å². The largest absolute Gasteiger partial charge is 0.486 e. The SMILES string of the molecule is C#CCn1c(=NC(=O)c2ccccc2F)sc2cc3c(cc21)OCCO3. The van der Waals surface area contributed by atoms with Gasteiger partial charge in [0.15, 0.2) is 16.3 Å². The van der Waals surface area contributed by atoms with Gasteiger partial charge < -0.3 is 14.0 Å². The van der Waals surface area contributed by atoms with Crippen molar-refractivity contribution in [3.8, 4) is 23.8 Å². The third-order valence-electron chi connectivity index (χ3n) is 3.90. The third kappa shape index (κ3) is 2.85. The summed E-state index contributed by atoms with van der Waals surface area (Å²) in [5.41, 5.74) is 0.709. The van der Waals surface area contributed by atoms with E-state index in [2.05, 4.69) is 10.9 Å². The number of nitrogens with zero attached hydrogens (tertiary/aromatic N) is 2. The molecule has 1 aromatic heterocycles. The molecule has 4 rings (SSSR count). The minimum atomic E-state index is -0.655. The molecule has 1 aliphatic heterocycles. The Balaban J connectivity index is 1.89. The standard InChI is InChI=1S/C19H13FN2O3S/c1-2-7-22-14-10-15-16(25-9-8-24-15)11-17(14)26-19(22)21-18(23)12-5-3-4-6-13(12)20/h1,3-6,10-11H,7-9H2. The molecule has 1 amide bonds. The maximum Gasteiger partial charge on any atom is 0.282 e. The molecule has 0 fully saturated rings. The maximum absolute atomic E-state index is 13.9. The summed E-state index contributed by atoms with van der Waals surface area (Å²) in [6, 6.07) is 9.41. The quantitative estimate of drug-likeness (QED) is 0.654. The number of fused-ring (bicyclic) bond motifs is 2. The predicted octanol–water partition coefficient (Wildman–Crippen LogP) is 2.99. The van der Waals surface area contributed by atoms with Crippen molar-refractivity contribution in [2.45, 2.75) is 6.54 Å². The first-order chi connectivity index (χ1) is 12.7. The lowest BCUT2D eigenvalue weighted by atomic mass is 10.2. The van der Waals surface area contributed by atoms with Gasteiger partial charge in [0.25, 0.3) is 5.91 Å². The number of rotatable bonds is 2. The highest BCUT2D eigenvalue weighted by Crippen LogP contribution is 2.35. The summed E-state index contributed by atoms with van der Waals surface area (Å²) < 4.78 is 27.6. The average molecular weight is 368 g/mol. The Hall–Kier alpha value is -3.11. The van der Waals surface area contributed by atoms with E-state index in [1.165, 1.54) is 29.5 Å². The molecule has 5 nitrogen and oxygen atoms in total. The van der Waals surface area contributed by atoms with Crippen LogP contribution in [0.15, 0.2) is 41.4 Å². The summed E-state index contributed by atoms with van der Waals surface area (Å²) >= 11 is 1.29.